The summed E-state index contributed by atoms with van der Waals surface area (Å²) in [4.78, 5) is 49.1. The van der Waals surface area contributed by atoms with Gasteiger partial charge in [0.1, 0.15) is 0 Å². The molecule has 0 radical (unpaired) electrons. The Morgan fingerprint density at radius 1 is 0.774 bits per heavy atom. The van der Waals surface area contributed by atoms with E-state index in [1.807, 2.05) is 0 Å². The molecule has 0 heterocycles. The Bertz CT molecular complexity index is 581. The number of ether oxygens (including phenoxy) is 2. The minimum absolute atomic E-state index is 0.00783. The monoisotopic (exact) mass is 444 g/mol. The smallest absolute Gasteiger partial charge is 0.331 e. The molecular formula is C21H36N2O8. The molecule has 1 fully saturated rings. The molecule has 0 saturated heterocycles. The van der Waals surface area contributed by atoms with E-state index in [0.717, 1.165) is 12.8 Å². The molecular weight excluding hydrogens is 408 g/mol. The van der Waals surface area contributed by atoms with Gasteiger partial charge in [-0.15, -0.1) is 0 Å². The Morgan fingerprint density at radius 2 is 1.13 bits per heavy atom. The van der Waals surface area contributed by atoms with Crippen LogP contribution >= 0.6 is 0 Å². The van der Waals surface area contributed by atoms with Crippen LogP contribution in [0.5, 0.6) is 0 Å². The molecule has 0 aromatic carbocycles. The van der Waals surface area contributed by atoms with E-state index in [2.05, 4.69) is 10.6 Å². The molecule has 0 bridgehead atoms. The van der Waals surface area contributed by atoms with E-state index in [-0.39, 0.29) is 25.0 Å². The first-order valence-corrected chi connectivity index (χ1v) is 10.7. The Morgan fingerprint density at radius 3 is 1.42 bits per heavy atom. The van der Waals surface area contributed by atoms with Crippen LogP contribution < -0.4 is 10.6 Å². The first-order valence-electron chi connectivity index (χ1n) is 10.7. The van der Waals surface area contributed by atoms with Gasteiger partial charge in [-0.05, 0) is 46.0 Å². The van der Waals surface area contributed by atoms with Gasteiger partial charge in [-0.25, -0.2) is 9.59 Å². The predicted octanol–water partition coefficient (Wildman–Crippen LogP) is 0.184. The third kappa shape index (κ3) is 9.22. The van der Waals surface area contributed by atoms with Crippen molar-refractivity contribution in [3.8, 4) is 0 Å². The summed E-state index contributed by atoms with van der Waals surface area (Å²) in [6.45, 7) is 5.46. The van der Waals surface area contributed by atoms with Crippen molar-refractivity contribution in [3.05, 3.63) is 0 Å². The normalized spacial score (nSPS) is 17.2. The van der Waals surface area contributed by atoms with E-state index in [0.29, 0.717) is 12.8 Å². The Labute approximate surface area is 183 Å². The van der Waals surface area contributed by atoms with E-state index in [9.17, 15) is 29.4 Å². The van der Waals surface area contributed by atoms with E-state index >= 15 is 0 Å². The number of aliphatic hydroxyl groups is 2. The lowest BCUT2D eigenvalue weighted by Gasteiger charge is -2.29. The van der Waals surface area contributed by atoms with Crippen molar-refractivity contribution in [2.24, 2.45) is 5.41 Å². The summed E-state index contributed by atoms with van der Waals surface area (Å²) >= 11 is 0. The zero-order valence-electron chi connectivity index (χ0n) is 18.8. The second-order valence-electron chi connectivity index (χ2n) is 8.64. The SMILES string of the molecule is CC(C)OC(=O)[C@@H](CO)NC(=O)CC1(CC(=O)N[C@H](CO)C(=O)OC(C)C)CCCC1. The van der Waals surface area contributed by atoms with Crippen LogP contribution in [0.25, 0.3) is 0 Å². The molecule has 0 unspecified atom stereocenters. The Kier molecular flexibility index (Phi) is 10.9. The van der Waals surface area contributed by atoms with E-state index in [1.165, 1.54) is 0 Å². The molecule has 0 aromatic rings. The van der Waals surface area contributed by atoms with E-state index in [4.69, 9.17) is 9.47 Å². The zero-order valence-corrected chi connectivity index (χ0v) is 18.8. The molecule has 1 aliphatic rings. The minimum Gasteiger partial charge on any atom is -0.461 e. The van der Waals surface area contributed by atoms with Crippen molar-refractivity contribution >= 4 is 23.8 Å². The maximum absolute atomic E-state index is 12.6. The molecule has 178 valence electrons. The Balaban J connectivity index is 2.74. The summed E-state index contributed by atoms with van der Waals surface area (Å²) in [5.74, 6) is -2.38. The maximum atomic E-state index is 12.6. The van der Waals surface area contributed by atoms with Crippen LogP contribution in [0.15, 0.2) is 0 Å². The average Bonchev–Trinajstić information content (AvgIpc) is 3.10. The number of nitrogens with one attached hydrogen (secondary N) is 2. The highest BCUT2D eigenvalue weighted by Crippen LogP contribution is 2.44. The van der Waals surface area contributed by atoms with Crippen LogP contribution in [0, 0.1) is 5.41 Å². The summed E-state index contributed by atoms with van der Waals surface area (Å²) < 4.78 is 10.0. The number of hydrogen-bond acceptors (Lipinski definition) is 8. The second kappa shape index (κ2) is 12.6. The summed E-state index contributed by atoms with van der Waals surface area (Å²) in [7, 11) is 0. The Hall–Kier alpha value is -2.20. The first kappa shape index (κ1) is 26.8. The van der Waals surface area contributed by atoms with Crippen LogP contribution in [0.3, 0.4) is 0 Å². The largest absolute Gasteiger partial charge is 0.461 e. The molecule has 0 aromatic heterocycles. The molecule has 2 atom stereocenters. The molecule has 1 rings (SSSR count). The number of amides is 2. The topological polar surface area (TPSA) is 151 Å². The average molecular weight is 445 g/mol. The standard InChI is InChI=1S/C21H36N2O8/c1-13(2)30-19(28)15(11-24)22-17(26)9-21(7-5-6-8-21)10-18(27)23-16(12-25)20(29)31-14(3)4/h13-16,24-25H,5-12H2,1-4H3,(H,22,26)(H,23,27)/t15-,16-/m1/s1. The quantitative estimate of drug-likeness (QED) is 0.311. The van der Waals surface area contributed by atoms with Gasteiger partial charge in [0, 0.05) is 12.8 Å². The van der Waals surface area contributed by atoms with Crippen LogP contribution in [-0.4, -0.2) is 71.5 Å². The lowest BCUT2D eigenvalue weighted by Crippen LogP contribution is -2.48. The van der Waals surface area contributed by atoms with Gasteiger partial charge in [0.25, 0.3) is 0 Å². The van der Waals surface area contributed by atoms with Gasteiger partial charge >= 0.3 is 11.9 Å². The highest BCUT2D eigenvalue weighted by Gasteiger charge is 2.39. The molecule has 10 heteroatoms. The van der Waals surface area contributed by atoms with E-state index in [1.54, 1.807) is 27.7 Å². The second-order valence-corrected chi connectivity index (χ2v) is 8.64. The van der Waals surface area contributed by atoms with Crippen LogP contribution in [0.1, 0.15) is 66.2 Å². The molecule has 4 N–H and O–H groups in total. The number of rotatable bonds is 12. The summed E-state index contributed by atoms with van der Waals surface area (Å²) in [5, 5.41) is 23.8. The third-order valence-electron chi connectivity index (χ3n) is 5.04. The summed E-state index contributed by atoms with van der Waals surface area (Å²) in [6.07, 6.45) is 2.17. The lowest BCUT2D eigenvalue weighted by molar-refractivity contribution is -0.153. The third-order valence-corrected chi connectivity index (χ3v) is 5.04. The number of carbonyl (C=O) groups is 4. The minimum atomic E-state index is -1.17. The summed E-state index contributed by atoms with van der Waals surface area (Å²) in [5.41, 5.74) is -0.627. The molecule has 2 amide bonds. The van der Waals surface area contributed by atoms with Gasteiger partial charge in [-0.1, -0.05) is 12.8 Å². The fourth-order valence-corrected chi connectivity index (χ4v) is 3.70. The van der Waals surface area contributed by atoms with Gasteiger partial charge in [0.2, 0.25) is 11.8 Å². The molecule has 1 aliphatic carbocycles. The zero-order chi connectivity index (χ0) is 23.6. The molecule has 1 saturated carbocycles. The van der Waals surface area contributed by atoms with Crippen molar-refractivity contribution in [3.63, 3.8) is 0 Å². The van der Waals surface area contributed by atoms with Gasteiger partial charge in [0.15, 0.2) is 12.1 Å². The van der Waals surface area contributed by atoms with Crippen LogP contribution in [0.4, 0.5) is 0 Å². The highest BCUT2D eigenvalue weighted by atomic mass is 16.5. The van der Waals surface area contributed by atoms with Crippen molar-refractivity contribution in [2.75, 3.05) is 13.2 Å². The van der Waals surface area contributed by atoms with Gasteiger partial charge in [-0.2, -0.15) is 0 Å². The fraction of sp³-hybridized carbons (Fsp3) is 0.810. The number of hydrogen-bond donors (Lipinski definition) is 4. The molecule has 31 heavy (non-hydrogen) atoms. The summed E-state index contributed by atoms with van der Waals surface area (Å²) in [6, 6.07) is -2.35. The first-order chi connectivity index (χ1) is 14.5. The molecule has 0 aliphatic heterocycles. The fourth-order valence-electron chi connectivity index (χ4n) is 3.70. The van der Waals surface area contributed by atoms with Gasteiger partial charge in [-0.3, -0.25) is 9.59 Å². The van der Waals surface area contributed by atoms with Crippen molar-refractivity contribution < 1.29 is 38.9 Å². The van der Waals surface area contributed by atoms with Crippen LogP contribution in [0.2, 0.25) is 0 Å². The number of esters is 2. The van der Waals surface area contributed by atoms with Crippen molar-refractivity contribution in [1.82, 2.24) is 10.6 Å². The van der Waals surface area contributed by atoms with Crippen molar-refractivity contribution in [2.45, 2.75) is 90.5 Å². The molecule has 0 spiro atoms. The lowest BCUT2D eigenvalue weighted by atomic mass is 9.78. The molecule has 10 nitrogen and oxygen atoms in total. The highest BCUT2D eigenvalue weighted by molar-refractivity contribution is 5.87. The number of carbonyl (C=O) groups excluding carboxylic acids is 4. The van der Waals surface area contributed by atoms with Crippen molar-refractivity contribution in [1.29, 1.82) is 0 Å². The van der Waals surface area contributed by atoms with E-state index < -0.39 is 54.5 Å². The van der Waals surface area contributed by atoms with Crippen LogP contribution in [-0.2, 0) is 28.7 Å². The predicted molar refractivity (Wildman–Crippen MR) is 111 cm³/mol. The van der Waals surface area contributed by atoms with Gasteiger partial charge < -0.3 is 30.3 Å². The maximum Gasteiger partial charge on any atom is 0.331 e. The van der Waals surface area contributed by atoms with Gasteiger partial charge in [0.05, 0.1) is 25.4 Å². The number of aliphatic hydroxyl groups excluding tert-OH is 2.